The SMILES string of the molecule is CCC(N)c1nc(C)oc1C. The summed E-state index contributed by atoms with van der Waals surface area (Å²) in [5, 5.41) is 0. The van der Waals surface area contributed by atoms with Crippen molar-refractivity contribution in [2.75, 3.05) is 0 Å². The van der Waals surface area contributed by atoms with Crippen LogP contribution in [0.25, 0.3) is 0 Å². The van der Waals surface area contributed by atoms with E-state index >= 15 is 0 Å². The maximum absolute atomic E-state index is 5.79. The molecule has 0 aromatic carbocycles. The van der Waals surface area contributed by atoms with Crippen LogP contribution in [0.5, 0.6) is 0 Å². The predicted octanol–water partition coefficient (Wildman–Crippen LogP) is 1.70. The summed E-state index contributed by atoms with van der Waals surface area (Å²) in [4.78, 5) is 4.19. The second kappa shape index (κ2) is 3.05. The average molecular weight is 154 g/mol. The zero-order valence-electron chi connectivity index (χ0n) is 7.22. The molecule has 62 valence electrons. The van der Waals surface area contributed by atoms with Gasteiger partial charge in [-0.15, -0.1) is 0 Å². The van der Waals surface area contributed by atoms with Crippen LogP contribution in [0.3, 0.4) is 0 Å². The van der Waals surface area contributed by atoms with Crippen LogP contribution in [-0.2, 0) is 0 Å². The third-order valence-corrected chi connectivity index (χ3v) is 1.73. The van der Waals surface area contributed by atoms with Gasteiger partial charge in [-0.2, -0.15) is 0 Å². The van der Waals surface area contributed by atoms with Gasteiger partial charge in [-0.25, -0.2) is 4.98 Å². The lowest BCUT2D eigenvalue weighted by Crippen LogP contribution is -2.10. The lowest BCUT2D eigenvalue weighted by atomic mass is 10.1. The van der Waals surface area contributed by atoms with E-state index in [-0.39, 0.29) is 6.04 Å². The molecule has 0 aliphatic rings. The Morgan fingerprint density at radius 2 is 2.18 bits per heavy atom. The fraction of sp³-hybridized carbons (Fsp3) is 0.625. The molecule has 0 amide bonds. The summed E-state index contributed by atoms with van der Waals surface area (Å²) in [5.74, 6) is 1.54. The second-order valence-electron chi connectivity index (χ2n) is 2.69. The monoisotopic (exact) mass is 154 g/mol. The van der Waals surface area contributed by atoms with Crippen molar-refractivity contribution in [1.82, 2.24) is 4.98 Å². The maximum Gasteiger partial charge on any atom is 0.191 e. The fourth-order valence-electron chi connectivity index (χ4n) is 1.08. The van der Waals surface area contributed by atoms with E-state index in [0.29, 0.717) is 5.89 Å². The molecule has 11 heavy (non-hydrogen) atoms. The molecular formula is C8H14N2O. The van der Waals surface area contributed by atoms with Crippen LogP contribution in [-0.4, -0.2) is 4.98 Å². The third kappa shape index (κ3) is 1.60. The van der Waals surface area contributed by atoms with Gasteiger partial charge in [-0.1, -0.05) is 6.92 Å². The summed E-state index contributed by atoms with van der Waals surface area (Å²) in [5.41, 5.74) is 6.68. The first-order valence-corrected chi connectivity index (χ1v) is 3.84. The molecule has 0 aliphatic heterocycles. The van der Waals surface area contributed by atoms with Crippen molar-refractivity contribution in [1.29, 1.82) is 0 Å². The Morgan fingerprint density at radius 3 is 2.55 bits per heavy atom. The Kier molecular flexibility index (Phi) is 2.29. The van der Waals surface area contributed by atoms with Crippen LogP contribution in [0.1, 0.15) is 36.7 Å². The van der Waals surface area contributed by atoms with E-state index in [1.54, 1.807) is 0 Å². The molecule has 1 unspecified atom stereocenters. The summed E-state index contributed by atoms with van der Waals surface area (Å²) in [6, 6.07) is 0.0208. The first kappa shape index (κ1) is 8.27. The average Bonchev–Trinajstić information content (AvgIpc) is 2.28. The van der Waals surface area contributed by atoms with Crippen molar-refractivity contribution in [2.24, 2.45) is 5.73 Å². The predicted molar refractivity (Wildman–Crippen MR) is 43.2 cm³/mol. The van der Waals surface area contributed by atoms with Gasteiger partial charge in [0.1, 0.15) is 5.76 Å². The van der Waals surface area contributed by atoms with Crippen molar-refractivity contribution in [2.45, 2.75) is 33.2 Å². The number of rotatable bonds is 2. The molecule has 2 N–H and O–H groups in total. The van der Waals surface area contributed by atoms with Crippen molar-refractivity contribution in [3.63, 3.8) is 0 Å². The van der Waals surface area contributed by atoms with E-state index < -0.39 is 0 Å². The van der Waals surface area contributed by atoms with Gasteiger partial charge in [0.15, 0.2) is 5.89 Å². The molecule has 0 fully saturated rings. The minimum atomic E-state index is 0.0208. The topological polar surface area (TPSA) is 52.0 Å². The molecule has 0 saturated heterocycles. The van der Waals surface area contributed by atoms with Gasteiger partial charge in [0.25, 0.3) is 0 Å². The highest BCUT2D eigenvalue weighted by Crippen LogP contribution is 2.17. The molecule has 3 heteroatoms. The van der Waals surface area contributed by atoms with Crippen molar-refractivity contribution >= 4 is 0 Å². The highest BCUT2D eigenvalue weighted by molar-refractivity contribution is 5.11. The molecule has 0 bridgehead atoms. The number of aromatic nitrogens is 1. The Labute approximate surface area is 66.6 Å². The fourth-order valence-corrected chi connectivity index (χ4v) is 1.08. The van der Waals surface area contributed by atoms with Crippen LogP contribution in [0.4, 0.5) is 0 Å². The van der Waals surface area contributed by atoms with Gasteiger partial charge < -0.3 is 10.2 Å². The van der Waals surface area contributed by atoms with Gasteiger partial charge in [-0.05, 0) is 13.3 Å². The van der Waals surface area contributed by atoms with Gasteiger partial charge in [0.2, 0.25) is 0 Å². The molecule has 1 atom stereocenters. The minimum absolute atomic E-state index is 0.0208. The van der Waals surface area contributed by atoms with Gasteiger partial charge in [-0.3, -0.25) is 0 Å². The first-order chi connectivity index (χ1) is 5.15. The number of aryl methyl sites for hydroxylation is 2. The first-order valence-electron chi connectivity index (χ1n) is 3.84. The zero-order valence-corrected chi connectivity index (χ0v) is 7.22. The summed E-state index contributed by atoms with van der Waals surface area (Å²) in [6.07, 6.45) is 0.896. The van der Waals surface area contributed by atoms with E-state index in [1.165, 1.54) is 0 Å². The summed E-state index contributed by atoms with van der Waals surface area (Å²) in [7, 11) is 0. The van der Waals surface area contributed by atoms with Crippen molar-refractivity contribution in [3.8, 4) is 0 Å². The van der Waals surface area contributed by atoms with Gasteiger partial charge in [0, 0.05) is 6.92 Å². The molecule has 0 radical (unpaired) electrons. The van der Waals surface area contributed by atoms with E-state index in [9.17, 15) is 0 Å². The lowest BCUT2D eigenvalue weighted by molar-refractivity contribution is 0.490. The minimum Gasteiger partial charge on any atom is -0.446 e. The highest BCUT2D eigenvalue weighted by atomic mass is 16.4. The molecule has 1 aromatic heterocycles. The number of nitrogens with two attached hydrogens (primary N) is 1. The molecular weight excluding hydrogens is 140 g/mol. The van der Waals surface area contributed by atoms with Crippen LogP contribution < -0.4 is 5.73 Å². The zero-order chi connectivity index (χ0) is 8.43. The molecule has 0 saturated carbocycles. The van der Waals surface area contributed by atoms with Gasteiger partial charge in [0.05, 0.1) is 11.7 Å². The normalized spacial score (nSPS) is 13.5. The molecule has 1 aromatic rings. The van der Waals surface area contributed by atoms with Crippen LogP contribution in [0.15, 0.2) is 4.42 Å². The van der Waals surface area contributed by atoms with Crippen molar-refractivity contribution < 1.29 is 4.42 Å². The second-order valence-corrected chi connectivity index (χ2v) is 2.69. The van der Waals surface area contributed by atoms with Crippen LogP contribution in [0.2, 0.25) is 0 Å². The summed E-state index contributed by atoms with van der Waals surface area (Å²) < 4.78 is 5.25. The third-order valence-electron chi connectivity index (χ3n) is 1.73. The summed E-state index contributed by atoms with van der Waals surface area (Å²) in [6.45, 7) is 5.76. The lowest BCUT2D eigenvalue weighted by Gasteiger charge is -2.03. The van der Waals surface area contributed by atoms with Crippen LogP contribution >= 0.6 is 0 Å². The van der Waals surface area contributed by atoms with Crippen LogP contribution in [0, 0.1) is 13.8 Å². The standard InChI is InChI=1S/C8H14N2O/c1-4-7(9)8-5(2)11-6(3)10-8/h7H,4,9H2,1-3H3. The Hall–Kier alpha value is -0.830. The van der Waals surface area contributed by atoms with E-state index in [4.69, 9.17) is 10.2 Å². The van der Waals surface area contributed by atoms with Gasteiger partial charge >= 0.3 is 0 Å². The van der Waals surface area contributed by atoms with E-state index in [2.05, 4.69) is 4.98 Å². The molecule has 0 aliphatic carbocycles. The Morgan fingerprint density at radius 1 is 1.55 bits per heavy atom. The molecule has 3 nitrogen and oxygen atoms in total. The number of hydrogen-bond acceptors (Lipinski definition) is 3. The van der Waals surface area contributed by atoms with Crippen molar-refractivity contribution in [3.05, 3.63) is 17.3 Å². The Bertz CT molecular complexity index is 242. The molecule has 1 heterocycles. The maximum atomic E-state index is 5.79. The summed E-state index contributed by atoms with van der Waals surface area (Å²) >= 11 is 0. The number of oxazole rings is 1. The molecule has 0 spiro atoms. The van der Waals surface area contributed by atoms with E-state index in [0.717, 1.165) is 17.9 Å². The largest absolute Gasteiger partial charge is 0.446 e. The smallest absolute Gasteiger partial charge is 0.191 e. The number of nitrogens with zero attached hydrogens (tertiary/aromatic N) is 1. The van der Waals surface area contributed by atoms with E-state index in [1.807, 2.05) is 20.8 Å². The molecule has 1 rings (SSSR count). The highest BCUT2D eigenvalue weighted by Gasteiger charge is 2.12. The quantitative estimate of drug-likeness (QED) is 0.705. The Balaban J connectivity index is 2.93. The number of hydrogen-bond donors (Lipinski definition) is 1.